The van der Waals surface area contributed by atoms with Gasteiger partial charge in [-0.2, -0.15) is 0 Å². The minimum Gasteiger partial charge on any atom is -0.492 e. The molecule has 6 nitrogen and oxygen atoms in total. The minimum atomic E-state index is -0.955. The van der Waals surface area contributed by atoms with E-state index < -0.39 is 11.4 Å². The first-order valence-corrected chi connectivity index (χ1v) is 6.09. The van der Waals surface area contributed by atoms with Gasteiger partial charge < -0.3 is 16.2 Å². The molecule has 1 amide bonds. The van der Waals surface area contributed by atoms with Gasteiger partial charge in [-0.15, -0.1) is 0 Å². The third kappa shape index (κ3) is 1.99. The van der Waals surface area contributed by atoms with Gasteiger partial charge in [0.05, 0.1) is 12.1 Å². The van der Waals surface area contributed by atoms with Crippen molar-refractivity contribution in [1.82, 2.24) is 9.55 Å². The van der Waals surface area contributed by atoms with Gasteiger partial charge >= 0.3 is 0 Å². The lowest BCUT2D eigenvalue weighted by atomic mass is 10.0. The molecule has 4 N–H and O–H groups in total. The van der Waals surface area contributed by atoms with Crippen LogP contribution in [0.5, 0.6) is 5.75 Å². The maximum absolute atomic E-state index is 11.6. The highest BCUT2D eigenvalue weighted by Gasteiger charge is 2.31. The average Bonchev–Trinajstić information content (AvgIpc) is 2.67. The number of benzene rings is 1. The van der Waals surface area contributed by atoms with E-state index in [0.717, 1.165) is 5.52 Å². The van der Waals surface area contributed by atoms with Gasteiger partial charge in [0, 0.05) is 0 Å². The molecule has 1 aromatic carbocycles. The number of aromatic nitrogens is 2. The van der Waals surface area contributed by atoms with Crippen LogP contribution in [0, 0.1) is 0 Å². The molecule has 0 unspecified atom stereocenters. The SMILES string of the molecule is CCOc1cccc2c1nc(N)n2C(C)(C)C(N)=O. The fraction of sp³-hybridized carbons (Fsp3) is 0.385. The molecule has 0 aliphatic rings. The third-order valence-corrected chi connectivity index (χ3v) is 3.14. The third-order valence-electron chi connectivity index (χ3n) is 3.14. The van der Waals surface area contributed by atoms with Crippen LogP contribution in [0.4, 0.5) is 5.95 Å². The van der Waals surface area contributed by atoms with Crippen LogP contribution in [0.1, 0.15) is 20.8 Å². The maximum atomic E-state index is 11.6. The number of carbonyl (C=O) groups excluding carboxylic acids is 1. The van der Waals surface area contributed by atoms with Crippen molar-refractivity contribution in [3.63, 3.8) is 0 Å². The first-order valence-electron chi connectivity index (χ1n) is 6.09. The quantitative estimate of drug-likeness (QED) is 0.866. The van der Waals surface area contributed by atoms with E-state index in [0.29, 0.717) is 17.9 Å². The second-order valence-electron chi connectivity index (χ2n) is 4.79. The molecule has 0 aliphatic heterocycles. The number of nitrogens with two attached hydrogens (primary N) is 2. The first-order chi connectivity index (χ1) is 8.89. The number of rotatable bonds is 4. The number of fused-ring (bicyclic) bond motifs is 1. The van der Waals surface area contributed by atoms with Gasteiger partial charge in [0.1, 0.15) is 16.8 Å². The van der Waals surface area contributed by atoms with Crippen LogP contribution < -0.4 is 16.2 Å². The van der Waals surface area contributed by atoms with E-state index in [9.17, 15) is 4.79 Å². The monoisotopic (exact) mass is 262 g/mol. The van der Waals surface area contributed by atoms with Crippen LogP contribution in [0.3, 0.4) is 0 Å². The largest absolute Gasteiger partial charge is 0.492 e. The summed E-state index contributed by atoms with van der Waals surface area (Å²) >= 11 is 0. The minimum absolute atomic E-state index is 0.242. The smallest absolute Gasteiger partial charge is 0.243 e. The predicted octanol–water partition coefficient (Wildman–Crippen LogP) is 1.24. The Hall–Kier alpha value is -2.24. The number of ether oxygens (including phenoxy) is 1. The molecule has 2 rings (SSSR count). The van der Waals surface area contributed by atoms with Gasteiger partial charge in [-0.1, -0.05) is 6.07 Å². The van der Waals surface area contributed by atoms with Crippen LogP contribution in [0.25, 0.3) is 11.0 Å². The van der Waals surface area contributed by atoms with Gasteiger partial charge in [-0.25, -0.2) is 4.98 Å². The molecule has 102 valence electrons. The average molecular weight is 262 g/mol. The van der Waals surface area contributed by atoms with E-state index in [4.69, 9.17) is 16.2 Å². The van der Waals surface area contributed by atoms with Crippen LogP contribution in [0.2, 0.25) is 0 Å². The van der Waals surface area contributed by atoms with E-state index in [2.05, 4.69) is 4.98 Å². The van der Waals surface area contributed by atoms with Crippen molar-refractivity contribution in [1.29, 1.82) is 0 Å². The van der Waals surface area contributed by atoms with Crippen molar-refractivity contribution >= 4 is 22.9 Å². The number of imidazole rings is 1. The molecule has 6 heteroatoms. The molecule has 2 aromatic rings. The highest BCUT2D eigenvalue weighted by atomic mass is 16.5. The zero-order chi connectivity index (χ0) is 14.2. The molecule has 19 heavy (non-hydrogen) atoms. The Morgan fingerprint density at radius 2 is 2.16 bits per heavy atom. The molecule has 0 aliphatic carbocycles. The summed E-state index contributed by atoms with van der Waals surface area (Å²) in [5.41, 5.74) is 11.8. The molecule has 0 bridgehead atoms. The molecule has 0 atom stereocenters. The fourth-order valence-electron chi connectivity index (χ4n) is 2.06. The van der Waals surface area contributed by atoms with Gasteiger partial charge in [-0.3, -0.25) is 9.36 Å². The van der Waals surface area contributed by atoms with Crippen LogP contribution >= 0.6 is 0 Å². The number of para-hydroxylation sites is 1. The van der Waals surface area contributed by atoms with Crippen LogP contribution in [-0.4, -0.2) is 22.1 Å². The topological polar surface area (TPSA) is 96.2 Å². The van der Waals surface area contributed by atoms with E-state index in [1.165, 1.54) is 0 Å². The summed E-state index contributed by atoms with van der Waals surface area (Å²) < 4.78 is 7.15. The normalized spacial score (nSPS) is 11.7. The Kier molecular flexibility index (Phi) is 3.09. The summed E-state index contributed by atoms with van der Waals surface area (Å²) in [5.74, 6) is 0.414. The van der Waals surface area contributed by atoms with Crippen molar-refractivity contribution in [2.75, 3.05) is 12.3 Å². The summed E-state index contributed by atoms with van der Waals surface area (Å²) in [6.07, 6.45) is 0. The second-order valence-corrected chi connectivity index (χ2v) is 4.79. The molecular formula is C13H18N4O2. The molecule has 0 spiro atoms. The Bertz CT molecular complexity index is 631. The van der Waals surface area contributed by atoms with Crippen LogP contribution in [-0.2, 0) is 10.3 Å². The number of nitrogens with zero attached hydrogens (tertiary/aromatic N) is 2. The van der Waals surface area contributed by atoms with Crippen LogP contribution in [0.15, 0.2) is 18.2 Å². The summed E-state index contributed by atoms with van der Waals surface area (Å²) in [7, 11) is 0. The molecule has 0 saturated carbocycles. The highest BCUT2D eigenvalue weighted by molar-refractivity contribution is 5.89. The maximum Gasteiger partial charge on any atom is 0.243 e. The summed E-state index contributed by atoms with van der Waals surface area (Å²) in [6, 6.07) is 5.49. The number of anilines is 1. The first kappa shape index (κ1) is 13.2. The number of hydrogen-bond donors (Lipinski definition) is 2. The van der Waals surface area contributed by atoms with E-state index in [1.54, 1.807) is 18.4 Å². The van der Waals surface area contributed by atoms with Crippen molar-refractivity contribution in [2.24, 2.45) is 5.73 Å². The molecule has 0 fully saturated rings. The predicted molar refractivity (Wildman–Crippen MR) is 73.8 cm³/mol. The zero-order valence-electron chi connectivity index (χ0n) is 11.3. The fourth-order valence-corrected chi connectivity index (χ4v) is 2.06. The zero-order valence-corrected chi connectivity index (χ0v) is 11.3. The molecule has 1 aromatic heterocycles. The molecule has 0 saturated heterocycles. The second kappa shape index (κ2) is 4.46. The van der Waals surface area contributed by atoms with Crippen molar-refractivity contribution in [2.45, 2.75) is 26.3 Å². The standard InChI is InChI=1S/C13H18N4O2/c1-4-19-9-7-5-6-8-10(9)16-12(15)17(8)13(2,3)11(14)18/h5-7H,4H2,1-3H3,(H2,14,18)(H2,15,16). The number of hydrogen-bond acceptors (Lipinski definition) is 4. The van der Waals surface area contributed by atoms with Gasteiger partial charge in [0.25, 0.3) is 0 Å². The van der Waals surface area contributed by atoms with Gasteiger partial charge in [0.15, 0.2) is 0 Å². The van der Waals surface area contributed by atoms with Crippen molar-refractivity contribution in [3.8, 4) is 5.75 Å². The summed E-state index contributed by atoms with van der Waals surface area (Å²) in [5, 5.41) is 0. The number of amides is 1. The highest BCUT2D eigenvalue weighted by Crippen LogP contribution is 2.31. The Morgan fingerprint density at radius 1 is 1.47 bits per heavy atom. The Morgan fingerprint density at radius 3 is 2.74 bits per heavy atom. The Labute approximate surface area is 111 Å². The lowest BCUT2D eigenvalue weighted by molar-refractivity contribution is -0.124. The van der Waals surface area contributed by atoms with E-state index in [1.807, 2.05) is 25.1 Å². The lowest BCUT2D eigenvalue weighted by Gasteiger charge is -2.24. The Balaban J connectivity index is 2.73. The van der Waals surface area contributed by atoms with Crippen molar-refractivity contribution < 1.29 is 9.53 Å². The summed E-state index contributed by atoms with van der Waals surface area (Å²) in [6.45, 7) is 5.85. The number of carbonyl (C=O) groups is 1. The van der Waals surface area contributed by atoms with Crippen molar-refractivity contribution in [3.05, 3.63) is 18.2 Å². The van der Waals surface area contributed by atoms with Gasteiger partial charge in [0.2, 0.25) is 11.9 Å². The van der Waals surface area contributed by atoms with Gasteiger partial charge in [-0.05, 0) is 32.9 Å². The van der Waals surface area contributed by atoms with E-state index >= 15 is 0 Å². The number of nitrogen functional groups attached to an aromatic ring is 1. The molecule has 1 heterocycles. The lowest BCUT2D eigenvalue weighted by Crippen LogP contribution is -2.41. The molecular weight excluding hydrogens is 244 g/mol. The van der Waals surface area contributed by atoms with E-state index in [-0.39, 0.29) is 5.95 Å². The molecule has 0 radical (unpaired) electrons. The summed E-state index contributed by atoms with van der Waals surface area (Å²) in [4.78, 5) is 15.9. The number of primary amides is 1.